The summed E-state index contributed by atoms with van der Waals surface area (Å²) in [6.07, 6.45) is 9.15. The van der Waals surface area contributed by atoms with Gasteiger partial charge in [0, 0.05) is 22.8 Å². The second kappa shape index (κ2) is 11.8. The van der Waals surface area contributed by atoms with Gasteiger partial charge in [0.25, 0.3) is 0 Å². The van der Waals surface area contributed by atoms with Gasteiger partial charge in [0.1, 0.15) is 6.61 Å². The zero-order valence-electron chi connectivity index (χ0n) is 21.7. The Morgan fingerprint density at radius 1 is 1.28 bits per heavy atom. The molecule has 202 valence electrons. The Labute approximate surface area is 223 Å². The second-order valence-electron chi connectivity index (χ2n) is 11.6. The molecule has 2 saturated heterocycles. The van der Waals surface area contributed by atoms with Crippen LogP contribution in [0.4, 0.5) is 0 Å². The van der Waals surface area contributed by atoms with Crippen LogP contribution in [0.25, 0.3) is 0 Å². The number of carbonyl (C=O) groups is 2. The molecule has 3 unspecified atom stereocenters. The average molecular weight is 539 g/mol. The maximum Gasteiger partial charge on any atom is 0.337 e. The molecule has 4 aliphatic rings. The van der Waals surface area contributed by atoms with Gasteiger partial charge < -0.3 is 19.7 Å². The lowest BCUT2D eigenvalue weighted by atomic mass is 9.46. The van der Waals surface area contributed by atoms with Crippen LogP contribution in [-0.4, -0.2) is 58.6 Å². The van der Waals surface area contributed by atoms with Crippen molar-refractivity contribution in [2.24, 2.45) is 22.7 Å². The lowest BCUT2D eigenvalue weighted by Gasteiger charge is -2.59. The number of ether oxygens (including phenoxy) is 2. The van der Waals surface area contributed by atoms with Gasteiger partial charge in [-0.3, -0.25) is 4.79 Å². The number of aliphatic hydroxyl groups excluding tert-OH is 2. The fourth-order valence-electron chi connectivity index (χ4n) is 7.07. The molecule has 2 N–H and O–H groups in total. The highest BCUT2D eigenvalue weighted by molar-refractivity contribution is 8.77. The van der Waals surface area contributed by atoms with Crippen molar-refractivity contribution in [3.63, 3.8) is 0 Å². The predicted octanol–water partition coefficient (Wildman–Crippen LogP) is 5.23. The maximum atomic E-state index is 12.5. The van der Waals surface area contributed by atoms with Gasteiger partial charge in [-0.1, -0.05) is 60.1 Å². The summed E-state index contributed by atoms with van der Waals surface area (Å²) in [6.45, 7) is 8.65. The van der Waals surface area contributed by atoms with Crippen LogP contribution in [0.3, 0.4) is 0 Å². The number of allylic oxidation sites excluding steroid dienone is 2. The van der Waals surface area contributed by atoms with Crippen LogP contribution in [0, 0.1) is 22.7 Å². The van der Waals surface area contributed by atoms with Crippen molar-refractivity contribution in [1.82, 2.24) is 0 Å². The molecule has 2 saturated carbocycles. The quantitative estimate of drug-likeness (QED) is 0.136. The first-order valence-electron chi connectivity index (χ1n) is 13.5. The fourth-order valence-corrected chi connectivity index (χ4v) is 10.1. The molecule has 0 aromatic rings. The van der Waals surface area contributed by atoms with Crippen LogP contribution in [0.1, 0.15) is 78.1 Å². The van der Waals surface area contributed by atoms with Crippen LogP contribution < -0.4 is 0 Å². The van der Waals surface area contributed by atoms with Crippen molar-refractivity contribution in [2.45, 2.75) is 95.5 Å². The molecule has 4 rings (SSSR count). The minimum atomic E-state index is -0.650. The van der Waals surface area contributed by atoms with Crippen molar-refractivity contribution < 1.29 is 29.3 Å². The Morgan fingerprint density at radius 2 is 2.08 bits per heavy atom. The van der Waals surface area contributed by atoms with E-state index in [2.05, 4.69) is 13.5 Å². The number of esters is 2. The monoisotopic (exact) mass is 538 g/mol. The highest BCUT2D eigenvalue weighted by Gasteiger charge is 2.57. The molecule has 0 radical (unpaired) electrons. The van der Waals surface area contributed by atoms with E-state index in [0.29, 0.717) is 30.1 Å². The third-order valence-electron chi connectivity index (χ3n) is 9.37. The molecule has 8 heteroatoms. The minimum Gasteiger partial charge on any atom is -0.458 e. The van der Waals surface area contributed by atoms with E-state index in [1.165, 1.54) is 12.2 Å². The zero-order chi connectivity index (χ0) is 25.9. The number of hydrogen-bond acceptors (Lipinski definition) is 8. The van der Waals surface area contributed by atoms with Crippen molar-refractivity contribution in [1.29, 1.82) is 0 Å². The standard InChI is InChI=1S/C28H42O6S2/c1-18-8-11-23-27(2,14-12-24(30)28(23,3)17-29)21(18)10-9-20-22(16-33-26(20)32)34-25(31)7-5-4-6-19-13-15-35-36-19/h9,19,21-24,29-30H,1,4-8,10-17H2,2-3H3/b20-9+/t19?,21-,22?,23?,24-,27+,28+/m1/s1. The van der Waals surface area contributed by atoms with E-state index < -0.39 is 23.6 Å². The average Bonchev–Trinajstić information content (AvgIpc) is 3.49. The molecule has 0 amide bonds. The number of rotatable bonds is 9. The van der Waals surface area contributed by atoms with Gasteiger partial charge in [-0.2, -0.15) is 0 Å². The number of aliphatic hydroxyl groups is 2. The molecule has 2 aliphatic carbocycles. The van der Waals surface area contributed by atoms with Gasteiger partial charge in [0.15, 0.2) is 6.10 Å². The molecule has 7 atom stereocenters. The first-order valence-corrected chi connectivity index (χ1v) is 15.9. The molecule has 0 aromatic carbocycles. The Hall–Kier alpha value is -0.960. The van der Waals surface area contributed by atoms with Crippen LogP contribution in [0.2, 0.25) is 0 Å². The van der Waals surface area contributed by atoms with E-state index in [9.17, 15) is 19.8 Å². The summed E-state index contributed by atoms with van der Waals surface area (Å²) in [6, 6.07) is 0. The van der Waals surface area contributed by atoms with Crippen LogP contribution >= 0.6 is 21.6 Å². The second-order valence-corrected chi connectivity index (χ2v) is 14.4. The van der Waals surface area contributed by atoms with E-state index >= 15 is 0 Å². The zero-order valence-corrected chi connectivity index (χ0v) is 23.3. The highest BCUT2D eigenvalue weighted by atomic mass is 33.1. The Balaban J connectivity index is 1.37. The highest BCUT2D eigenvalue weighted by Crippen LogP contribution is 2.61. The summed E-state index contributed by atoms with van der Waals surface area (Å²) >= 11 is 0. The number of fused-ring (bicyclic) bond motifs is 1. The largest absolute Gasteiger partial charge is 0.458 e. The van der Waals surface area contributed by atoms with E-state index in [4.69, 9.17) is 9.47 Å². The van der Waals surface area contributed by atoms with E-state index in [1.54, 1.807) is 0 Å². The van der Waals surface area contributed by atoms with E-state index in [1.807, 2.05) is 34.6 Å². The normalized spacial score (nSPS) is 39.8. The molecular weight excluding hydrogens is 496 g/mol. The van der Waals surface area contributed by atoms with Crippen molar-refractivity contribution in [3.8, 4) is 0 Å². The third-order valence-corrected chi connectivity index (χ3v) is 12.4. The summed E-state index contributed by atoms with van der Waals surface area (Å²) in [5, 5.41) is 21.6. The van der Waals surface area contributed by atoms with Crippen molar-refractivity contribution in [3.05, 3.63) is 23.8 Å². The Bertz CT molecular complexity index is 868. The Kier molecular flexibility index (Phi) is 9.22. The predicted molar refractivity (Wildman–Crippen MR) is 144 cm³/mol. The minimum absolute atomic E-state index is 0.0441. The molecule has 4 fully saturated rings. The van der Waals surface area contributed by atoms with Gasteiger partial charge in [-0.15, -0.1) is 0 Å². The first-order chi connectivity index (χ1) is 17.2. The van der Waals surface area contributed by atoms with Crippen molar-refractivity contribution >= 4 is 33.5 Å². The number of cyclic esters (lactones) is 1. The molecule has 0 aromatic heterocycles. The molecule has 36 heavy (non-hydrogen) atoms. The van der Waals surface area contributed by atoms with Gasteiger partial charge in [-0.25, -0.2) is 4.79 Å². The first kappa shape index (κ1) is 28.1. The van der Waals surface area contributed by atoms with E-state index in [0.717, 1.165) is 44.1 Å². The van der Waals surface area contributed by atoms with Crippen LogP contribution in [0.5, 0.6) is 0 Å². The fraction of sp³-hybridized carbons (Fsp3) is 0.786. The maximum absolute atomic E-state index is 12.5. The van der Waals surface area contributed by atoms with E-state index in [-0.39, 0.29) is 36.4 Å². The molecular formula is C28H42O6S2. The number of unbranched alkanes of at least 4 members (excludes halogenated alkanes) is 1. The molecule has 2 heterocycles. The van der Waals surface area contributed by atoms with Gasteiger partial charge in [-0.05, 0) is 68.6 Å². The number of hydrogen-bond donors (Lipinski definition) is 2. The molecule has 6 nitrogen and oxygen atoms in total. The van der Waals surface area contributed by atoms with Gasteiger partial charge >= 0.3 is 11.9 Å². The van der Waals surface area contributed by atoms with Gasteiger partial charge in [0.2, 0.25) is 0 Å². The smallest absolute Gasteiger partial charge is 0.337 e. The molecule has 2 aliphatic heterocycles. The lowest BCUT2D eigenvalue weighted by Crippen LogP contribution is -2.57. The SMILES string of the molecule is C=C1CCC2[C@](C)(CO)[C@H](O)CC[C@@]2(C)[C@@H]1C/C=C1/C(=O)OCC1OC(=O)CCCCC1CCSS1. The van der Waals surface area contributed by atoms with Crippen LogP contribution in [-0.2, 0) is 19.1 Å². The summed E-state index contributed by atoms with van der Waals surface area (Å²) in [4.78, 5) is 25.0. The van der Waals surface area contributed by atoms with Crippen molar-refractivity contribution in [2.75, 3.05) is 19.0 Å². The van der Waals surface area contributed by atoms with Crippen LogP contribution in [0.15, 0.2) is 23.8 Å². The lowest BCUT2D eigenvalue weighted by molar-refractivity contribution is -0.151. The summed E-state index contributed by atoms with van der Waals surface area (Å²) in [5.74, 6) is 0.827. The third kappa shape index (κ3) is 5.71. The van der Waals surface area contributed by atoms with Gasteiger partial charge in [0.05, 0.1) is 18.3 Å². The molecule has 0 bridgehead atoms. The summed E-state index contributed by atoms with van der Waals surface area (Å²) in [7, 11) is 3.90. The molecule has 0 spiro atoms. The Morgan fingerprint density at radius 3 is 2.81 bits per heavy atom. The topological polar surface area (TPSA) is 93.1 Å². The summed E-state index contributed by atoms with van der Waals surface area (Å²) < 4.78 is 10.9. The summed E-state index contributed by atoms with van der Waals surface area (Å²) in [5.41, 5.74) is 0.912. The number of carbonyl (C=O) groups excluding carboxylic acids is 2.